The molecule has 0 amide bonds. The average Bonchev–Trinajstić information content (AvgIpc) is 2.73. The lowest BCUT2D eigenvalue weighted by molar-refractivity contribution is 0.0563. The summed E-state index contributed by atoms with van der Waals surface area (Å²) in [5.41, 5.74) is 2.46. The molecule has 0 aliphatic carbocycles. The molecule has 0 atom stereocenters. The van der Waals surface area contributed by atoms with Crippen molar-refractivity contribution < 1.29 is 8.78 Å². The Kier molecular flexibility index (Phi) is 3.92. The van der Waals surface area contributed by atoms with E-state index in [9.17, 15) is 8.78 Å². The number of nitrogens with zero attached hydrogens (tertiary/aromatic N) is 2. The normalized spacial score (nSPS) is 10.9. The van der Waals surface area contributed by atoms with Gasteiger partial charge < -0.3 is 5.32 Å². The van der Waals surface area contributed by atoms with Gasteiger partial charge in [-0.2, -0.15) is 13.9 Å². The molecule has 1 N–H and O–H groups in total. The van der Waals surface area contributed by atoms with E-state index < -0.39 is 6.55 Å². The first-order chi connectivity index (χ1) is 8.66. The van der Waals surface area contributed by atoms with Gasteiger partial charge >= 0.3 is 6.55 Å². The van der Waals surface area contributed by atoms with Gasteiger partial charge in [-0.05, 0) is 18.9 Å². The van der Waals surface area contributed by atoms with E-state index >= 15 is 0 Å². The van der Waals surface area contributed by atoms with Crippen molar-refractivity contribution in [2.45, 2.75) is 19.9 Å². The summed E-state index contributed by atoms with van der Waals surface area (Å²) in [6.07, 6.45) is 2.19. The first kappa shape index (κ1) is 12.5. The van der Waals surface area contributed by atoms with Crippen LogP contribution in [0.1, 0.15) is 17.8 Å². The fourth-order valence-corrected chi connectivity index (χ4v) is 1.74. The molecule has 0 bridgehead atoms. The molecule has 0 aliphatic heterocycles. The third-order valence-electron chi connectivity index (χ3n) is 2.69. The zero-order chi connectivity index (χ0) is 13.0. The minimum absolute atomic E-state index is 0.586. The summed E-state index contributed by atoms with van der Waals surface area (Å²) in [4.78, 5) is 0. The van der Waals surface area contributed by atoms with Crippen molar-refractivity contribution in [2.24, 2.45) is 0 Å². The summed E-state index contributed by atoms with van der Waals surface area (Å²) in [5.74, 6) is 0. The van der Waals surface area contributed by atoms with E-state index in [4.69, 9.17) is 0 Å². The number of alkyl halides is 2. The molecule has 0 saturated carbocycles. The molecule has 18 heavy (non-hydrogen) atoms. The van der Waals surface area contributed by atoms with Crippen molar-refractivity contribution in [2.75, 3.05) is 11.9 Å². The van der Waals surface area contributed by atoms with Gasteiger partial charge in [-0.15, -0.1) is 0 Å². The van der Waals surface area contributed by atoms with Gasteiger partial charge in [0.2, 0.25) is 0 Å². The Labute approximate surface area is 104 Å². The second-order valence-electron chi connectivity index (χ2n) is 4.05. The van der Waals surface area contributed by atoms with Crippen LogP contribution in [0.15, 0.2) is 36.5 Å². The molecule has 5 heteroatoms. The minimum atomic E-state index is -2.59. The van der Waals surface area contributed by atoms with Crippen molar-refractivity contribution in [3.05, 3.63) is 47.8 Å². The van der Waals surface area contributed by atoms with E-state index in [-0.39, 0.29) is 0 Å². The largest absolute Gasteiger partial charge is 0.382 e. The van der Waals surface area contributed by atoms with Gasteiger partial charge in [0.1, 0.15) is 0 Å². The summed E-state index contributed by atoms with van der Waals surface area (Å²) in [7, 11) is 0. The first-order valence-corrected chi connectivity index (χ1v) is 5.78. The fraction of sp³-hybridized carbons (Fsp3) is 0.308. The van der Waals surface area contributed by atoms with E-state index in [1.807, 2.05) is 30.3 Å². The van der Waals surface area contributed by atoms with Crippen molar-refractivity contribution in [3.63, 3.8) is 0 Å². The number of hydrogen-bond donors (Lipinski definition) is 1. The number of aryl methyl sites for hydroxylation is 1. The van der Waals surface area contributed by atoms with Gasteiger partial charge in [0.15, 0.2) is 0 Å². The molecular weight excluding hydrogens is 236 g/mol. The molecule has 1 aromatic carbocycles. The van der Waals surface area contributed by atoms with Crippen LogP contribution >= 0.6 is 0 Å². The summed E-state index contributed by atoms with van der Waals surface area (Å²) in [5, 5.41) is 6.86. The predicted octanol–water partition coefficient (Wildman–Crippen LogP) is 3.24. The topological polar surface area (TPSA) is 29.9 Å². The molecule has 3 nitrogen and oxygen atoms in total. The van der Waals surface area contributed by atoms with Crippen LogP contribution in [0.25, 0.3) is 0 Å². The Morgan fingerprint density at radius 1 is 1.28 bits per heavy atom. The summed E-state index contributed by atoms with van der Waals surface area (Å²) >= 11 is 0. The van der Waals surface area contributed by atoms with Crippen LogP contribution in [0.4, 0.5) is 14.5 Å². The van der Waals surface area contributed by atoms with Gasteiger partial charge in [0.25, 0.3) is 0 Å². The molecule has 0 fully saturated rings. The number of anilines is 1. The molecule has 2 aromatic rings. The SMILES string of the molecule is Cc1nn(C(F)F)cc1NCCc1ccccc1. The standard InChI is InChI=1S/C13H15F2N3/c1-10-12(9-18(17-10)13(14)15)16-8-7-11-5-3-2-4-6-11/h2-6,9,13,16H,7-8H2,1H3. The summed E-state index contributed by atoms with van der Waals surface area (Å²) in [6.45, 7) is -0.183. The lowest BCUT2D eigenvalue weighted by Crippen LogP contribution is -2.05. The molecule has 1 aromatic heterocycles. The van der Waals surface area contributed by atoms with Crippen molar-refractivity contribution in [1.82, 2.24) is 9.78 Å². The molecule has 1 heterocycles. The van der Waals surface area contributed by atoms with Crippen LogP contribution in [0.3, 0.4) is 0 Å². The van der Waals surface area contributed by atoms with Crippen LogP contribution in [-0.4, -0.2) is 16.3 Å². The number of hydrogen-bond acceptors (Lipinski definition) is 2. The number of nitrogens with one attached hydrogen (secondary N) is 1. The Balaban J connectivity index is 1.90. The Bertz CT molecular complexity index is 494. The van der Waals surface area contributed by atoms with Crippen molar-refractivity contribution in [1.29, 1.82) is 0 Å². The quantitative estimate of drug-likeness (QED) is 0.884. The van der Waals surface area contributed by atoms with E-state index in [0.717, 1.165) is 6.42 Å². The van der Waals surface area contributed by atoms with Gasteiger partial charge in [-0.3, -0.25) is 0 Å². The van der Waals surface area contributed by atoms with Gasteiger partial charge in [-0.1, -0.05) is 30.3 Å². The van der Waals surface area contributed by atoms with Crippen LogP contribution in [0, 0.1) is 6.92 Å². The van der Waals surface area contributed by atoms with E-state index in [1.54, 1.807) is 6.92 Å². The molecule has 0 spiro atoms. The highest BCUT2D eigenvalue weighted by Crippen LogP contribution is 2.17. The maximum absolute atomic E-state index is 12.4. The van der Waals surface area contributed by atoms with E-state index in [0.29, 0.717) is 22.6 Å². The Morgan fingerprint density at radius 2 is 2.00 bits per heavy atom. The Morgan fingerprint density at radius 3 is 2.61 bits per heavy atom. The third-order valence-corrected chi connectivity index (χ3v) is 2.69. The number of halogens is 2. The fourth-order valence-electron chi connectivity index (χ4n) is 1.74. The van der Waals surface area contributed by atoms with E-state index in [2.05, 4.69) is 10.4 Å². The monoisotopic (exact) mass is 251 g/mol. The highest BCUT2D eigenvalue weighted by molar-refractivity contribution is 5.45. The molecule has 0 aliphatic rings. The number of rotatable bonds is 5. The second-order valence-corrected chi connectivity index (χ2v) is 4.05. The molecule has 96 valence electrons. The zero-order valence-corrected chi connectivity index (χ0v) is 10.1. The highest BCUT2D eigenvalue weighted by atomic mass is 19.3. The number of aromatic nitrogens is 2. The lowest BCUT2D eigenvalue weighted by atomic mass is 10.1. The van der Waals surface area contributed by atoms with E-state index in [1.165, 1.54) is 11.8 Å². The molecular formula is C13H15F2N3. The maximum atomic E-state index is 12.4. The van der Waals surface area contributed by atoms with Crippen LogP contribution < -0.4 is 5.32 Å². The zero-order valence-electron chi connectivity index (χ0n) is 10.1. The second kappa shape index (κ2) is 5.62. The van der Waals surface area contributed by atoms with Gasteiger partial charge in [-0.25, -0.2) is 4.68 Å². The molecule has 2 rings (SSSR count). The summed E-state index contributed by atoms with van der Waals surface area (Å²) < 4.78 is 25.5. The van der Waals surface area contributed by atoms with Crippen LogP contribution in [-0.2, 0) is 6.42 Å². The average molecular weight is 251 g/mol. The van der Waals surface area contributed by atoms with Crippen molar-refractivity contribution in [3.8, 4) is 0 Å². The van der Waals surface area contributed by atoms with Crippen LogP contribution in [0.5, 0.6) is 0 Å². The van der Waals surface area contributed by atoms with Gasteiger partial charge in [0, 0.05) is 6.54 Å². The molecule has 0 unspecified atom stereocenters. The predicted molar refractivity (Wildman–Crippen MR) is 66.9 cm³/mol. The molecule has 0 radical (unpaired) electrons. The van der Waals surface area contributed by atoms with Crippen molar-refractivity contribution >= 4 is 5.69 Å². The number of benzene rings is 1. The highest BCUT2D eigenvalue weighted by Gasteiger charge is 2.10. The van der Waals surface area contributed by atoms with Gasteiger partial charge in [0.05, 0.1) is 17.6 Å². The van der Waals surface area contributed by atoms with Crippen LogP contribution in [0.2, 0.25) is 0 Å². The Hall–Kier alpha value is -1.91. The summed E-state index contributed by atoms with van der Waals surface area (Å²) in [6, 6.07) is 10.0. The maximum Gasteiger partial charge on any atom is 0.333 e. The smallest absolute Gasteiger partial charge is 0.333 e. The molecule has 0 saturated heterocycles. The third kappa shape index (κ3) is 3.06. The first-order valence-electron chi connectivity index (χ1n) is 5.78. The lowest BCUT2D eigenvalue weighted by Gasteiger charge is -2.04. The minimum Gasteiger partial charge on any atom is -0.382 e.